The summed E-state index contributed by atoms with van der Waals surface area (Å²) in [5, 5.41) is 3.90. The molecule has 0 aromatic heterocycles. The van der Waals surface area contributed by atoms with E-state index in [1.165, 1.54) is 11.1 Å². The minimum atomic E-state index is 0.665. The second kappa shape index (κ2) is 7.25. The molecular formula is C13H20N2OS. The smallest absolute Gasteiger partial charge is 0.169 e. The molecule has 0 heterocycles. The number of rotatable bonds is 5. The molecule has 0 radical (unpaired) electrons. The fraction of sp³-hybridized carbons (Fsp3) is 0.462. The molecule has 94 valence electrons. The number of hydrogen-bond acceptors (Lipinski definition) is 2. The van der Waals surface area contributed by atoms with E-state index < -0.39 is 0 Å². The van der Waals surface area contributed by atoms with Gasteiger partial charge in [-0.05, 0) is 24.7 Å². The molecule has 0 aliphatic carbocycles. The molecule has 1 rings (SSSR count). The van der Waals surface area contributed by atoms with Crippen molar-refractivity contribution in [3.8, 4) is 0 Å². The van der Waals surface area contributed by atoms with E-state index in [4.69, 9.17) is 17.0 Å². The molecular weight excluding hydrogens is 232 g/mol. The number of nitrogens with one attached hydrogen (secondary N) is 1. The van der Waals surface area contributed by atoms with Gasteiger partial charge in [-0.25, -0.2) is 0 Å². The van der Waals surface area contributed by atoms with E-state index in [2.05, 4.69) is 36.5 Å². The van der Waals surface area contributed by atoms with Crippen LogP contribution in [0.2, 0.25) is 0 Å². The number of benzene rings is 1. The highest BCUT2D eigenvalue weighted by Crippen LogP contribution is 2.05. The van der Waals surface area contributed by atoms with Crippen molar-refractivity contribution in [2.45, 2.75) is 13.5 Å². The first-order valence-electron chi connectivity index (χ1n) is 5.67. The summed E-state index contributed by atoms with van der Waals surface area (Å²) in [7, 11) is 3.67. The average molecular weight is 252 g/mol. The van der Waals surface area contributed by atoms with Gasteiger partial charge in [0.15, 0.2) is 5.11 Å². The third-order valence-corrected chi connectivity index (χ3v) is 2.93. The molecule has 0 spiro atoms. The Bertz CT molecular complexity index is 351. The van der Waals surface area contributed by atoms with Crippen molar-refractivity contribution < 1.29 is 4.74 Å². The number of ether oxygens (including phenoxy) is 1. The van der Waals surface area contributed by atoms with Gasteiger partial charge in [0.05, 0.1) is 6.61 Å². The fourth-order valence-corrected chi connectivity index (χ4v) is 1.60. The highest BCUT2D eigenvalue weighted by Gasteiger charge is 2.04. The van der Waals surface area contributed by atoms with Crippen LogP contribution in [0.5, 0.6) is 0 Å². The van der Waals surface area contributed by atoms with E-state index in [9.17, 15) is 0 Å². The quantitative estimate of drug-likeness (QED) is 0.639. The van der Waals surface area contributed by atoms with Crippen LogP contribution >= 0.6 is 12.2 Å². The zero-order chi connectivity index (χ0) is 12.7. The molecule has 1 aromatic rings. The summed E-state index contributed by atoms with van der Waals surface area (Å²) in [5.74, 6) is 0. The Morgan fingerprint density at radius 3 is 2.59 bits per heavy atom. The van der Waals surface area contributed by atoms with Crippen LogP contribution in [-0.4, -0.2) is 37.3 Å². The van der Waals surface area contributed by atoms with E-state index in [-0.39, 0.29) is 0 Å². The normalized spacial score (nSPS) is 10.1. The lowest BCUT2D eigenvalue weighted by Crippen LogP contribution is -2.38. The number of hydrogen-bond donors (Lipinski definition) is 1. The van der Waals surface area contributed by atoms with Crippen molar-refractivity contribution in [3.63, 3.8) is 0 Å². The molecule has 0 atom stereocenters. The zero-order valence-corrected chi connectivity index (χ0v) is 11.5. The first-order valence-corrected chi connectivity index (χ1v) is 6.07. The van der Waals surface area contributed by atoms with Crippen LogP contribution < -0.4 is 5.32 Å². The Balaban J connectivity index is 2.40. The Hall–Kier alpha value is -1.13. The van der Waals surface area contributed by atoms with E-state index >= 15 is 0 Å². The molecule has 1 N–H and O–H groups in total. The summed E-state index contributed by atoms with van der Waals surface area (Å²) in [6.07, 6.45) is 0. The molecule has 0 bridgehead atoms. The molecule has 3 nitrogen and oxygen atoms in total. The third kappa shape index (κ3) is 5.15. The summed E-state index contributed by atoms with van der Waals surface area (Å²) < 4.78 is 4.96. The highest BCUT2D eigenvalue weighted by molar-refractivity contribution is 7.80. The lowest BCUT2D eigenvalue weighted by atomic mass is 10.1. The van der Waals surface area contributed by atoms with Gasteiger partial charge in [-0.15, -0.1) is 0 Å². The van der Waals surface area contributed by atoms with Gasteiger partial charge in [-0.2, -0.15) is 0 Å². The van der Waals surface area contributed by atoms with Gasteiger partial charge in [-0.3, -0.25) is 0 Å². The van der Waals surface area contributed by atoms with Crippen molar-refractivity contribution in [2.75, 3.05) is 27.3 Å². The lowest BCUT2D eigenvalue weighted by Gasteiger charge is -2.21. The molecule has 0 aliphatic heterocycles. The van der Waals surface area contributed by atoms with Gasteiger partial charge in [0.1, 0.15) is 0 Å². The predicted molar refractivity (Wildman–Crippen MR) is 75.1 cm³/mol. The fourth-order valence-electron chi connectivity index (χ4n) is 1.43. The van der Waals surface area contributed by atoms with Gasteiger partial charge in [0.25, 0.3) is 0 Å². The lowest BCUT2D eigenvalue weighted by molar-refractivity contribution is 0.203. The first kappa shape index (κ1) is 13.9. The molecule has 0 fully saturated rings. The molecule has 0 unspecified atom stereocenters. The second-order valence-corrected chi connectivity index (χ2v) is 4.45. The molecule has 0 saturated carbocycles. The van der Waals surface area contributed by atoms with Gasteiger partial charge >= 0.3 is 0 Å². The van der Waals surface area contributed by atoms with Crippen LogP contribution in [0.15, 0.2) is 24.3 Å². The Labute approximate surface area is 109 Å². The Morgan fingerprint density at radius 2 is 2.00 bits per heavy atom. The summed E-state index contributed by atoms with van der Waals surface area (Å²) in [5.41, 5.74) is 2.53. The maximum Gasteiger partial charge on any atom is 0.169 e. The second-order valence-electron chi connectivity index (χ2n) is 4.07. The Kier molecular flexibility index (Phi) is 5.94. The van der Waals surface area contributed by atoms with Crippen LogP contribution in [0.3, 0.4) is 0 Å². The number of nitrogens with zero attached hydrogens (tertiary/aromatic N) is 1. The molecule has 0 saturated heterocycles. The number of methoxy groups -OCH3 is 1. The summed E-state index contributed by atoms with van der Waals surface area (Å²) in [4.78, 5) is 2.02. The van der Waals surface area contributed by atoms with E-state index in [1.807, 2.05) is 11.9 Å². The van der Waals surface area contributed by atoms with Crippen molar-refractivity contribution in [3.05, 3.63) is 35.4 Å². The molecule has 0 aliphatic rings. The molecule has 4 heteroatoms. The zero-order valence-electron chi connectivity index (χ0n) is 10.7. The molecule has 17 heavy (non-hydrogen) atoms. The summed E-state index contributed by atoms with van der Waals surface area (Å²) >= 11 is 5.27. The summed E-state index contributed by atoms with van der Waals surface area (Å²) in [6.45, 7) is 4.32. The Morgan fingerprint density at radius 1 is 1.35 bits per heavy atom. The van der Waals surface area contributed by atoms with E-state index in [1.54, 1.807) is 7.11 Å². The van der Waals surface area contributed by atoms with Crippen LogP contribution in [-0.2, 0) is 11.3 Å². The minimum Gasteiger partial charge on any atom is -0.383 e. The molecule has 0 amide bonds. The van der Waals surface area contributed by atoms with Crippen LogP contribution in [0, 0.1) is 6.92 Å². The predicted octanol–water partition coefficient (Wildman–Crippen LogP) is 1.95. The minimum absolute atomic E-state index is 0.665. The van der Waals surface area contributed by atoms with Crippen LogP contribution in [0.25, 0.3) is 0 Å². The van der Waals surface area contributed by atoms with Crippen molar-refractivity contribution in [2.24, 2.45) is 0 Å². The largest absolute Gasteiger partial charge is 0.383 e. The van der Waals surface area contributed by atoms with Crippen LogP contribution in [0.4, 0.5) is 0 Å². The monoisotopic (exact) mass is 252 g/mol. The van der Waals surface area contributed by atoms with Crippen molar-refractivity contribution in [1.82, 2.24) is 10.2 Å². The average Bonchev–Trinajstić information content (AvgIpc) is 2.32. The highest BCUT2D eigenvalue weighted by atomic mass is 32.1. The van der Waals surface area contributed by atoms with Gasteiger partial charge in [0, 0.05) is 27.2 Å². The van der Waals surface area contributed by atoms with Crippen molar-refractivity contribution >= 4 is 17.3 Å². The maximum atomic E-state index is 5.27. The topological polar surface area (TPSA) is 24.5 Å². The number of thiocarbonyl (C=S) groups is 1. The van der Waals surface area contributed by atoms with Gasteiger partial charge < -0.3 is 15.0 Å². The van der Waals surface area contributed by atoms with Crippen LogP contribution in [0.1, 0.15) is 11.1 Å². The van der Waals surface area contributed by atoms with Crippen molar-refractivity contribution in [1.29, 1.82) is 0 Å². The maximum absolute atomic E-state index is 5.27. The third-order valence-electron chi connectivity index (χ3n) is 2.47. The standard InChI is InChI=1S/C13H20N2OS/c1-11-4-6-12(7-5-11)10-15(2)13(17)14-8-9-16-3/h4-7H,8-10H2,1-3H3,(H,14,17). The summed E-state index contributed by atoms with van der Waals surface area (Å²) in [6, 6.07) is 8.49. The van der Waals surface area contributed by atoms with Gasteiger partial charge in [0.2, 0.25) is 0 Å². The number of aryl methyl sites for hydroxylation is 1. The van der Waals surface area contributed by atoms with E-state index in [0.717, 1.165) is 18.2 Å². The van der Waals surface area contributed by atoms with Gasteiger partial charge in [-0.1, -0.05) is 29.8 Å². The molecule has 1 aromatic carbocycles. The van der Waals surface area contributed by atoms with E-state index in [0.29, 0.717) is 6.61 Å². The SMILES string of the molecule is COCCNC(=S)N(C)Cc1ccc(C)cc1. The first-order chi connectivity index (χ1) is 8.13.